The molecule has 0 aliphatic heterocycles. The highest BCUT2D eigenvalue weighted by Crippen LogP contribution is 2.18. The number of benzene rings is 1. The van der Waals surface area contributed by atoms with Crippen molar-refractivity contribution in [3.8, 4) is 5.69 Å². The van der Waals surface area contributed by atoms with Crippen LogP contribution in [0.25, 0.3) is 5.69 Å². The molecule has 1 aromatic carbocycles. The summed E-state index contributed by atoms with van der Waals surface area (Å²) in [5, 5.41) is 12.1. The lowest BCUT2D eigenvalue weighted by Crippen LogP contribution is -2.34. The molecule has 1 aromatic heterocycles. The van der Waals surface area contributed by atoms with Crippen LogP contribution in [0.4, 0.5) is 0 Å². The molecule has 1 amide bonds. The first kappa shape index (κ1) is 13.6. The smallest absolute Gasteiger partial charge is 0.270 e. The number of carbonyl (C=O) groups excluding carboxylic acids is 1. The zero-order valence-corrected chi connectivity index (χ0v) is 11.5. The first-order chi connectivity index (χ1) is 10.3. The molecule has 3 rings (SSSR count). The Morgan fingerprint density at radius 2 is 2.14 bits per heavy atom. The number of aliphatic hydroxyl groups is 1. The predicted octanol–water partition coefficient (Wildman–Crippen LogP) is 1.54. The normalized spacial score (nSPS) is 20.6. The maximum atomic E-state index is 12.4. The zero-order valence-electron chi connectivity index (χ0n) is 11.5. The van der Waals surface area contributed by atoms with Gasteiger partial charge in [0, 0.05) is 24.3 Å². The molecule has 0 spiro atoms. The average molecular weight is 283 g/mol. The van der Waals surface area contributed by atoms with Crippen LogP contribution in [0.3, 0.4) is 0 Å². The molecule has 0 saturated heterocycles. The number of para-hydroxylation sites is 1. The van der Waals surface area contributed by atoms with Crippen molar-refractivity contribution in [3.63, 3.8) is 0 Å². The van der Waals surface area contributed by atoms with Crippen LogP contribution in [-0.2, 0) is 0 Å². The van der Waals surface area contributed by atoms with E-state index in [1.54, 1.807) is 17.1 Å². The van der Waals surface area contributed by atoms with Gasteiger partial charge in [-0.1, -0.05) is 30.4 Å². The van der Waals surface area contributed by atoms with Crippen LogP contribution in [0.5, 0.6) is 0 Å². The summed E-state index contributed by atoms with van der Waals surface area (Å²) in [5.74, 6) is -0.0288. The Bertz CT molecular complexity index is 649. The molecule has 0 radical (unpaired) electrons. The molecule has 0 bridgehead atoms. The Morgan fingerprint density at radius 3 is 2.86 bits per heavy atom. The van der Waals surface area contributed by atoms with Crippen molar-refractivity contribution in [1.82, 2.24) is 14.9 Å². The molecule has 2 atom stereocenters. The fraction of sp³-hybridized carbons (Fsp3) is 0.250. The number of hydrogen-bond acceptors (Lipinski definition) is 3. The van der Waals surface area contributed by atoms with E-state index in [-0.39, 0.29) is 24.5 Å². The van der Waals surface area contributed by atoms with Gasteiger partial charge < -0.3 is 10.4 Å². The van der Waals surface area contributed by atoms with E-state index in [0.717, 1.165) is 12.1 Å². The fourth-order valence-electron chi connectivity index (χ4n) is 2.52. The first-order valence-corrected chi connectivity index (χ1v) is 6.95. The van der Waals surface area contributed by atoms with E-state index in [0.29, 0.717) is 5.69 Å². The van der Waals surface area contributed by atoms with Crippen LogP contribution in [-0.4, -0.2) is 33.2 Å². The molecule has 5 nitrogen and oxygen atoms in total. The van der Waals surface area contributed by atoms with E-state index in [9.17, 15) is 4.79 Å². The third kappa shape index (κ3) is 2.87. The van der Waals surface area contributed by atoms with E-state index < -0.39 is 0 Å². The number of carbonyl (C=O) groups is 1. The molecule has 1 heterocycles. The molecule has 1 aliphatic rings. The Kier molecular flexibility index (Phi) is 3.83. The number of nitrogens with one attached hydrogen (secondary N) is 1. The second kappa shape index (κ2) is 5.93. The second-order valence-electron chi connectivity index (χ2n) is 5.13. The molecule has 1 aliphatic carbocycles. The summed E-state index contributed by atoms with van der Waals surface area (Å²) in [7, 11) is 0. The van der Waals surface area contributed by atoms with Crippen LogP contribution < -0.4 is 5.32 Å². The Morgan fingerprint density at radius 1 is 1.33 bits per heavy atom. The predicted molar refractivity (Wildman–Crippen MR) is 79.2 cm³/mol. The van der Waals surface area contributed by atoms with Crippen LogP contribution in [0.2, 0.25) is 0 Å². The van der Waals surface area contributed by atoms with E-state index >= 15 is 0 Å². The Hall–Kier alpha value is -2.40. The molecule has 0 saturated carbocycles. The molecule has 108 valence electrons. The summed E-state index contributed by atoms with van der Waals surface area (Å²) in [6.07, 6.45) is 7.80. The summed E-state index contributed by atoms with van der Waals surface area (Å²) >= 11 is 0. The van der Waals surface area contributed by atoms with Crippen molar-refractivity contribution >= 4 is 5.91 Å². The summed E-state index contributed by atoms with van der Waals surface area (Å²) in [4.78, 5) is 16.5. The number of aliphatic hydroxyl groups excluding tert-OH is 1. The quantitative estimate of drug-likeness (QED) is 0.836. The van der Waals surface area contributed by atoms with Gasteiger partial charge in [-0.05, 0) is 18.6 Å². The highest BCUT2D eigenvalue weighted by atomic mass is 16.3. The maximum Gasteiger partial charge on any atom is 0.270 e. The molecule has 2 N–H and O–H groups in total. The highest BCUT2D eigenvalue weighted by molar-refractivity contribution is 5.93. The van der Waals surface area contributed by atoms with Gasteiger partial charge in [0.25, 0.3) is 5.91 Å². The minimum absolute atomic E-state index is 0.0335. The summed E-state index contributed by atoms with van der Waals surface area (Å²) in [6.45, 7) is 0.116. The van der Waals surface area contributed by atoms with E-state index in [2.05, 4.69) is 10.3 Å². The second-order valence-corrected chi connectivity index (χ2v) is 5.13. The number of nitrogens with zero attached hydrogens (tertiary/aromatic N) is 2. The van der Waals surface area contributed by atoms with Gasteiger partial charge in [-0.15, -0.1) is 0 Å². The van der Waals surface area contributed by atoms with Crippen molar-refractivity contribution in [1.29, 1.82) is 0 Å². The van der Waals surface area contributed by atoms with Crippen LogP contribution >= 0.6 is 0 Å². The van der Waals surface area contributed by atoms with Gasteiger partial charge in [-0.3, -0.25) is 9.36 Å². The first-order valence-electron chi connectivity index (χ1n) is 6.95. The van der Waals surface area contributed by atoms with Crippen molar-refractivity contribution in [2.24, 2.45) is 5.92 Å². The maximum absolute atomic E-state index is 12.4. The molecular formula is C16H17N3O2. The lowest BCUT2D eigenvalue weighted by molar-refractivity contribution is 0.0934. The number of aromatic nitrogens is 2. The van der Waals surface area contributed by atoms with Crippen molar-refractivity contribution in [2.75, 3.05) is 6.61 Å². The summed E-state index contributed by atoms with van der Waals surface area (Å²) in [6, 6.07) is 9.59. The van der Waals surface area contributed by atoms with Crippen molar-refractivity contribution < 1.29 is 9.90 Å². The van der Waals surface area contributed by atoms with Gasteiger partial charge in [0.1, 0.15) is 5.69 Å². The average Bonchev–Trinajstić information content (AvgIpc) is 3.17. The van der Waals surface area contributed by atoms with Crippen LogP contribution in [0.1, 0.15) is 16.9 Å². The van der Waals surface area contributed by atoms with Gasteiger partial charge in [0.05, 0.1) is 12.5 Å². The zero-order chi connectivity index (χ0) is 14.7. The number of hydrogen-bond donors (Lipinski definition) is 2. The van der Waals surface area contributed by atoms with E-state index in [1.165, 1.54) is 0 Å². The number of amides is 1. The SMILES string of the molecule is O=C(N[C@@H]1C=C[C@H](CO)C1)c1cncn1-c1ccccc1. The Balaban J connectivity index is 1.75. The Labute approximate surface area is 122 Å². The lowest BCUT2D eigenvalue weighted by Gasteiger charge is -2.13. The third-order valence-electron chi connectivity index (χ3n) is 3.63. The molecule has 5 heteroatoms. The molecule has 0 unspecified atom stereocenters. The van der Waals surface area contributed by atoms with Gasteiger partial charge in [0.2, 0.25) is 0 Å². The molecule has 0 fully saturated rings. The molecule has 21 heavy (non-hydrogen) atoms. The van der Waals surface area contributed by atoms with Crippen LogP contribution in [0.15, 0.2) is 55.0 Å². The fourth-order valence-corrected chi connectivity index (χ4v) is 2.52. The topological polar surface area (TPSA) is 67.2 Å². The standard InChI is InChI=1S/C16H17N3O2/c20-10-12-6-7-13(8-12)18-16(21)15-9-17-11-19(15)14-4-2-1-3-5-14/h1-7,9,11-13,20H,8,10H2,(H,18,21)/t12-,13+/m0/s1. The number of imidazole rings is 1. The largest absolute Gasteiger partial charge is 0.396 e. The third-order valence-corrected chi connectivity index (χ3v) is 3.63. The van der Waals surface area contributed by atoms with Gasteiger partial charge >= 0.3 is 0 Å². The van der Waals surface area contributed by atoms with Gasteiger partial charge in [-0.2, -0.15) is 0 Å². The van der Waals surface area contributed by atoms with Gasteiger partial charge in [-0.25, -0.2) is 4.98 Å². The summed E-state index contributed by atoms with van der Waals surface area (Å²) in [5.41, 5.74) is 1.40. The van der Waals surface area contributed by atoms with Crippen LogP contribution in [0, 0.1) is 5.92 Å². The lowest BCUT2D eigenvalue weighted by atomic mass is 10.1. The van der Waals surface area contributed by atoms with E-state index in [4.69, 9.17) is 5.11 Å². The van der Waals surface area contributed by atoms with Crippen molar-refractivity contribution in [3.05, 3.63) is 60.7 Å². The highest BCUT2D eigenvalue weighted by Gasteiger charge is 2.21. The molecular weight excluding hydrogens is 266 g/mol. The van der Waals surface area contributed by atoms with Crippen molar-refractivity contribution in [2.45, 2.75) is 12.5 Å². The number of rotatable bonds is 4. The molecule has 2 aromatic rings. The monoisotopic (exact) mass is 283 g/mol. The minimum Gasteiger partial charge on any atom is -0.396 e. The summed E-state index contributed by atoms with van der Waals surface area (Å²) < 4.78 is 1.76. The van der Waals surface area contributed by atoms with E-state index in [1.807, 2.05) is 42.5 Å². The minimum atomic E-state index is -0.162. The van der Waals surface area contributed by atoms with Gasteiger partial charge in [0.15, 0.2) is 0 Å².